The van der Waals surface area contributed by atoms with Crippen molar-refractivity contribution in [2.24, 2.45) is 0 Å². The standard InChI is InChI=1S/C16H36O4Si2/c1-15(2,3)21(7,8)19-13-14(18-12-11-17-13)20-22(9,10)16(4,5)6/h13-14H,11-12H2,1-10H3. The van der Waals surface area contributed by atoms with E-state index >= 15 is 0 Å². The van der Waals surface area contributed by atoms with Crippen molar-refractivity contribution in [2.75, 3.05) is 13.2 Å². The van der Waals surface area contributed by atoms with E-state index in [0.29, 0.717) is 13.2 Å². The summed E-state index contributed by atoms with van der Waals surface area (Å²) in [5.41, 5.74) is 0. The van der Waals surface area contributed by atoms with Crippen LogP contribution in [0, 0.1) is 0 Å². The molecule has 0 aromatic rings. The summed E-state index contributed by atoms with van der Waals surface area (Å²) >= 11 is 0. The largest absolute Gasteiger partial charge is 0.389 e. The molecule has 6 heteroatoms. The average molecular weight is 349 g/mol. The highest BCUT2D eigenvalue weighted by Crippen LogP contribution is 2.41. The van der Waals surface area contributed by atoms with E-state index in [0.717, 1.165) is 0 Å². The molecule has 0 bridgehead atoms. The van der Waals surface area contributed by atoms with E-state index in [1.807, 2.05) is 0 Å². The van der Waals surface area contributed by atoms with Crippen LogP contribution in [0.25, 0.3) is 0 Å². The molecule has 1 heterocycles. The molecular weight excluding hydrogens is 312 g/mol. The van der Waals surface area contributed by atoms with Crippen LogP contribution in [0.15, 0.2) is 0 Å². The van der Waals surface area contributed by atoms with Crippen molar-refractivity contribution < 1.29 is 18.3 Å². The Hall–Kier alpha value is 0.274. The van der Waals surface area contributed by atoms with E-state index in [-0.39, 0.29) is 10.1 Å². The average Bonchev–Trinajstić information content (AvgIpc) is 2.28. The van der Waals surface area contributed by atoms with Crippen LogP contribution < -0.4 is 0 Å². The highest BCUT2D eigenvalue weighted by Gasteiger charge is 2.46. The Morgan fingerprint density at radius 2 is 0.955 bits per heavy atom. The summed E-state index contributed by atoms with van der Waals surface area (Å²) in [5.74, 6) is 0. The molecule has 132 valence electrons. The summed E-state index contributed by atoms with van der Waals surface area (Å²) in [7, 11) is -3.85. The minimum atomic E-state index is -1.92. The first kappa shape index (κ1) is 20.3. The second-order valence-electron chi connectivity index (χ2n) is 9.23. The first-order chi connectivity index (χ1) is 9.67. The van der Waals surface area contributed by atoms with Gasteiger partial charge in [-0.05, 0) is 36.3 Å². The van der Waals surface area contributed by atoms with Gasteiger partial charge in [-0.3, -0.25) is 0 Å². The van der Waals surface area contributed by atoms with Gasteiger partial charge in [-0.1, -0.05) is 41.5 Å². The molecule has 0 amide bonds. The van der Waals surface area contributed by atoms with E-state index in [2.05, 4.69) is 67.7 Å². The van der Waals surface area contributed by atoms with Gasteiger partial charge in [-0.25, -0.2) is 0 Å². The molecule has 0 aromatic carbocycles. The zero-order chi connectivity index (χ0) is 17.4. The van der Waals surface area contributed by atoms with Crippen molar-refractivity contribution in [2.45, 2.75) is 90.4 Å². The van der Waals surface area contributed by atoms with Crippen LogP contribution in [0.2, 0.25) is 36.3 Å². The van der Waals surface area contributed by atoms with Crippen molar-refractivity contribution in [1.29, 1.82) is 0 Å². The van der Waals surface area contributed by atoms with E-state index in [1.165, 1.54) is 0 Å². The van der Waals surface area contributed by atoms with Crippen LogP contribution in [-0.2, 0) is 18.3 Å². The number of hydrogen-bond acceptors (Lipinski definition) is 4. The minimum absolute atomic E-state index is 0.134. The smallest absolute Gasteiger partial charge is 0.199 e. The van der Waals surface area contributed by atoms with Crippen molar-refractivity contribution >= 4 is 16.6 Å². The maximum Gasteiger partial charge on any atom is 0.199 e. The monoisotopic (exact) mass is 348 g/mol. The van der Waals surface area contributed by atoms with Gasteiger partial charge >= 0.3 is 0 Å². The van der Waals surface area contributed by atoms with Gasteiger partial charge in [0.1, 0.15) is 0 Å². The van der Waals surface area contributed by atoms with Crippen LogP contribution in [0.3, 0.4) is 0 Å². The van der Waals surface area contributed by atoms with Crippen molar-refractivity contribution in [3.05, 3.63) is 0 Å². The highest BCUT2D eigenvalue weighted by molar-refractivity contribution is 6.74. The van der Waals surface area contributed by atoms with Crippen LogP contribution in [-0.4, -0.2) is 42.4 Å². The summed E-state index contributed by atoms with van der Waals surface area (Å²) in [5, 5.41) is 0.269. The quantitative estimate of drug-likeness (QED) is 0.688. The Bertz CT molecular complexity index is 333. The normalized spacial score (nSPS) is 25.4. The van der Waals surface area contributed by atoms with Gasteiger partial charge in [-0.2, -0.15) is 0 Å². The third-order valence-corrected chi connectivity index (χ3v) is 14.2. The van der Waals surface area contributed by atoms with E-state index in [9.17, 15) is 0 Å². The van der Waals surface area contributed by atoms with Crippen molar-refractivity contribution in [1.82, 2.24) is 0 Å². The maximum absolute atomic E-state index is 6.40. The fourth-order valence-electron chi connectivity index (χ4n) is 1.60. The van der Waals surface area contributed by atoms with E-state index < -0.39 is 29.2 Å². The highest BCUT2D eigenvalue weighted by atomic mass is 28.4. The Morgan fingerprint density at radius 1 is 0.682 bits per heavy atom. The lowest BCUT2D eigenvalue weighted by atomic mass is 10.2. The van der Waals surface area contributed by atoms with Gasteiger partial charge < -0.3 is 18.3 Å². The summed E-state index contributed by atoms with van der Waals surface area (Å²) in [6.45, 7) is 23.4. The summed E-state index contributed by atoms with van der Waals surface area (Å²) in [6, 6.07) is 0. The lowest BCUT2D eigenvalue weighted by Crippen LogP contribution is -2.55. The molecule has 0 spiro atoms. The molecule has 1 saturated heterocycles. The number of hydrogen-bond donors (Lipinski definition) is 0. The molecule has 4 nitrogen and oxygen atoms in total. The molecule has 1 aliphatic rings. The number of ether oxygens (including phenoxy) is 2. The van der Waals surface area contributed by atoms with Crippen LogP contribution >= 0.6 is 0 Å². The fourth-order valence-corrected chi connectivity index (χ4v) is 3.83. The third-order valence-electron chi connectivity index (χ3n) is 5.30. The summed E-state index contributed by atoms with van der Waals surface area (Å²) < 4.78 is 24.5. The summed E-state index contributed by atoms with van der Waals surface area (Å²) in [4.78, 5) is 0. The van der Waals surface area contributed by atoms with Gasteiger partial charge in [0, 0.05) is 0 Å². The molecule has 1 fully saturated rings. The molecule has 22 heavy (non-hydrogen) atoms. The predicted molar refractivity (Wildman–Crippen MR) is 96.0 cm³/mol. The molecule has 1 aliphatic heterocycles. The Kier molecular flexibility index (Phi) is 6.14. The van der Waals surface area contributed by atoms with Crippen molar-refractivity contribution in [3.63, 3.8) is 0 Å². The number of rotatable bonds is 4. The van der Waals surface area contributed by atoms with Crippen LogP contribution in [0.1, 0.15) is 41.5 Å². The second-order valence-corrected chi connectivity index (χ2v) is 18.7. The molecule has 0 aliphatic carbocycles. The molecule has 1 rings (SSSR count). The molecule has 0 aromatic heterocycles. The lowest BCUT2D eigenvalue weighted by molar-refractivity contribution is -0.278. The Balaban J connectivity index is 2.85. The van der Waals surface area contributed by atoms with Gasteiger partial charge in [-0.15, -0.1) is 0 Å². The molecule has 0 N–H and O–H groups in total. The molecular formula is C16H36O4Si2. The van der Waals surface area contributed by atoms with E-state index in [1.54, 1.807) is 0 Å². The van der Waals surface area contributed by atoms with Gasteiger partial charge in [0.25, 0.3) is 0 Å². The van der Waals surface area contributed by atoms with Crippen molar-refractivity contribution in [3.8, 4) is 0 Å². The third kappa shape index (κ3) is 4.88. The molecule has 0 saturated carbocycles. The first-order valence-corrected chi connectivity index (χ1v) is 14.1. The summed E-state index contributed by atoms with van der Waals surface area (Å²) in [6.07, 6.45) is -0.826. The van der Waals surface area contributed by atoms with Gasteiger partial charge in [0.05, 0.1) is 13.2 Å². The van der Waals surface area contributed by atoms with Gasteiger partial charge in [0.15, 0.2) is 29.2 Å². The fraction of sp³-hybridized carbons (Fsp3) is 1.00. The molecule has 2 unspecified atom stereocenters. The predicted octanol–water partition coefficient (Wildman–Crippen LogP) is 4.73. The molecule has 0 radical (unpaired) electrons. The lowest BCUT2D eigenvalue weighted by Gasteiger charge is -2.45. The first-order valence-electron chi connectivity index (χ1n) is 8.26. The Labute approximate surface area is 139 Å². The Morgan fingerprint density at radius 3 is 1.18 bits per heavy atom. The van der Waals surface area contributed by atoms with Gasteiger partial charge in [0.2, 0.25) is 0 Å². The minimum Gasteiger partial charge on any atom is -0.389 e. The molecule has 2 atom stereocenters. The zero-order valence-electron chi connectivity index (χ0n) is 16.2. The topological polar surface area (TPSA) is 36.9 Å². The van der Waals surface area contributed by atoms with Crippen LogP contribution in [0.5, 0.6) is 0 Å². The maximum atomic E-state index is 6.40. The van der Waals surface area contributed by atoms with E-state index in [4.69, 9.17) is 18.3 Å². The second kappa shape index (κ2) is 6.65. The SMILES string of the molecule is CC(C)(C)[Si](C)(C)OC1OCCOC1O[Si](C)(C)C(C)(C)C. The van der Waals surface area contributed by atoms with Crippen LogP contribution in [0.4, 0.5) is 0 Å². The zero-order valence-corrected chi connectivity index (χ0v) is 18.2.